The molecule has 1 amide bonds. The molecule has 4 rings (SSSR count). The summed E-state index contributed by atoms with van der Waals surface area (Å²) in [5.41, 5.74) is 0.278. The van der Waals surface area contributed by atoms with Gasteiger partial charge in [-0.15, -0.1) is 0 Å². The van der Waals surface area contributed by atoms with Crippen molar-refractivity contribution in [2.75, 3.05) is 13.1 Å². The van der Waals surface area contributed by atoms with Gasteiger partial charge in [0.1, 0.15) is 5.60 Å². The van der Waals surface area contributed by atoms with E-state index < -0.39 is 5.60 Å². The number of carbonyl (C=O) groups is 1. The molecule has 1 aromatic carbocycles. The topological polar surface area (TPSA) is 51.2 Å². The maximum atomic E-state index is 13.2. The number of nitrogens with zero attached hydrogens (tertiary/aromatic N) is 2. The number of likely N-dealkylation sites (tertiary alicyclic amines) is 2. The monoisotopic (exact) mass is 484 g/mol. The van der Waals surface area contributed by atoms with Gasteiger partial charge in [0.25, 0.3) is 0 Å². The molecule has 0 unspecified atom stereocenters. The predicted molar refractivity (Wildman–Crippen MR) is 140 cm³/mol. The van der Waals surface area contributed by atoms with Crippen molar-refractivity contribution in [3.8, 4) is 0 Å². The minimum Gasteiger partial charge on any atom is -0.444 e. The molecule has 35 heavy (non-hydrogen) atoms. The maximum Gasteiger partial charge on any atom is 0.457 e. The zero-order valence-corrected chi connectivity index (χ0v) is 23.1. The summed E-state index contributed by atoms with van der Waals surface area (Å²) in [7, 11) is -0.171. The summed E-state index contributed by atoms with van der Waals surface area (Å²) in [6.45, 7) is 19.2. The molecule has 3 aliphatic heterocycles. The van der Waals surface area contributed by atoms with Gasteiger partial charge in [-0.25, -0.2) is 4.79 Å². The number of benzene rings is 1. The van der Waals surface area contributed by atoms with Crippen LogP contribution in [0.3, 0.4) is 0 Å². The second-order valence-corrected chi connectivity index (χ2v) is 12.8. The van der Waals surface area contributed by atoms with Gasteiger partial charge in [0, 0.05) is 30.6 Å². The van der Waals surface area contributed by atoms with Crippen LogP contribution >= 0.6 is 0 Å². The van der Waals surface area contributed by atoms with E-state index in [1.807, 2.05) is 25.7 Å². The first-order chi connectivity index (χ1) is 16.2. The van der Waals surface area contributed by atoms with Gasteiger partial charge in [-0.3, -0.25) is 4.90 Å². The normalized spacial score (nSPS) is 30.1. The highest BCUT2D eigenvalue weighted by molar-refractivity contribution is 6.45. The molecule has 3 fully saturated rings. The summed E-state index contributed by atoms with van der Waals surface area (Å²) in [5.74, 6) is 0. The number of carbonyl (C=O) groups excluding carboxylic acids is 1. The Bertz CT molecular complexity index is 884. The lowest BCUT2D eigenvalue weighted by atomic mass is 9.70. The van der Waals surface area contributed by atoms with E-state index in [-0.39, 0.29) is 35.9 Å². The van der Waals surface area contributed by atoms with Crippen molar-refractivity contribution < 1.29 is 18.8 Å². The summed E-state index contributed by atoms with van der Waals surface area (Å²) in [6, 6.07) is 11.1. The molecule has 3 saturated heterocycles. The maximum absolute atomic E-state index is 13.2. The van der Waals surface area contributed by atoms with Crippen LogP contribution in [0.25, 0.3) is 0 Å². The van der Waals surface area contributed by atoms with Crippen LogP contribution in [-0.4, -0.2) is 65.0 Å². The predicted octanol–water partition coefficient (Wildman–Crippen LogP) is 5.76. The van der Waals surface area contributed by atoms with E-state index in [2.05, 4.69) is 69.9 Å². The fraction of sp³-hybridized carbons (Fsp3) is 0.750. The molecule has 3 atom stereocenters. The second-order valence-electron chi connectivity index (χ2n) is 12.8. The number of rotatable bonds is 6. The van der Waals surface area contributed by atoms with Crippen molar-refractivity contribution in [1.29, 1.82) is 0 Å². The second kappa shape index (κ2) is 9.39. The zero-order valence-electron chi connectivity index (χ0n) is 23.1. The van der Waals surface area contributed by atoms with Gasteiger partial charge in [-0.1, -0.05) is 36.8 Å². The molecule has 7 heteroatoms. The highest BCUT2D eigenvalue weighted by atomic mass is 16.7. The molecular weight excluding hydrogens is 439 g/mol. The van der Waals surface area contributed by atoms with Crippen LogP contribution in [0.2, 0.25) is 6.32 Å². The largest absolute Gasteiger partial charge is 0.457 e. The number of hydrogen-bond donors (Lipinski definition) is 0. The van der Waals surface area contributed by atoms with E-state index in [0.29, 0.717) is 6.04 Å². The molecule has 0 spiro atoms. The van der Waals surface area contributed by atoms with Crippen LogP contribution in [0.1, 0.15) is 80.2 Å². The molecule has 6 nitrogen and oxygen atoms in total. The van der Waals surface area contributed by atoms with Gasteiger partial charge in [-0.05, 0) is 86.7 Å². The van der Waals surface area contributed by atoms with Crippen LogP contribution in [0.5, 0.6) is 0 Å². The average molecular weight is 484 g/mol. The highest BCUT2D eigenvalue weighted by Gasteiger charge is 2.59. The summed E-state index contributed by atoms with van der Waals surface area (Å²) in [4.78, 5) is 17.8. The number of hydrogen-bond acceptors (Lipinski definition) is 5. The molecule has 0 aromatic heterocycles. The third-order valence-electron chi connectivity index (χ3n) is 8.88. The lowest BCUT2D eigenvalue weighted by Gasteiger charge is -2.36. The Morgan fingerprint density at radius 2 is 1.74 bits per heavy atom. The van der Waals surface area contributed by atoms with Crippen LogP contribution in [-0.2, 0) is 20.6 Å². The quantitative estimate of drug-likeness (QED) is 0.481. The Labute approximate surface area is 212 Å². The van der Waals surface area contributed by atoms with E-state index in [1.54, 1.807) is 0 Å². The fourth-order valence-corrected chi connectivity index (χ4v) is 6.22. The summed E-state index contributed by atoms with van der Waals surface area (Å²) >= 11 is 0. The molecule has 0 aliphatic carbocycles. The Hall–Kier alpha value is -1.57. The number of amides is 1. The van der Waals surface area contributed by atoms with Crippen LogP contribution < -0.4 is 0 Å². The molecule has 0 radical (unpaired) electrons. The smallest absolute Gasteiger partial charge is 0.444 e. The molecule has 1 aromatic rings. The van der Waals surface area contributed by atoms with E-state index in [9.17, 15) is 4.79 Å². The Morgan fingerprint density at radius 3 is 2.34 bits per heavy atom. The molecule has 3 aliphatic rings. The molecule has 0 saturated carbocycles. The number of ether oxygens (including phenoxy) is 1. The van der Waals surface area contributed by atoms with Gasteiger partial charge in [0.15, 0.2) is 0 Å². The van der Waals surface area contributed by atoms with Crippen molar-refractivity contribution in [3.63, 3.8) is 0 Å². The standard InChI is InChI=1S/C28H45BN2O4/c1-21-28(15-12-17-29-34-26(5,6)27(7,8)35-29)16-18-30(19-22-13-10-9-11-14-22)23(28)20-31(21)24(32)33-25(2,3)4/h9-11,13-14,21,23H,12,15-20H2,1-8H3/t21-,23+,28-/m1/s1. The van der Waals surface area contributed by atoms with Crippen molar-refractivity contribution >= 4 is 13.2 Å². The van der Waals surface area contributed by atoms with Gasteiger partial charge < -0.3 is 18.9 Å². The Kier molecular flexibility index (Phi) is 7.11. The molecule has 194 valence electrons. The first-order valence-electron chi connectivity index (χ1n) is 13.4. The highest BCUT2D eigenvalue weighted by Crippen LogP contribution is 2.52. The fourth-order valence-electron chi connectivity index (χ4n) is 6.22. The molecule has 3 heterocycles. The molecule has 0 N–H and O–H groups in total. The Balaban J connectivity index is 1.49. The van der Waals surface area contributed by atoms with Gasteiger partial charge >= 0.3 is 13.2 Å². The van der Waals surface area contributed by atoms with Crippen molar-refractivity contribution in [2.24, 2.45) is 5.41 Å². The van der Waals surface area contributed by atoms with E-state index >= 15 is 0 Å². The summed E-state index contributed by atoms with van der Waals surface area (Å²) < 4.78 is 18.3. The van der Waals surface area contributed by atoms with Crippen molar-refractivity contribution in [3.05, 3.63) is 35.9 Å². The minimum atomic E-state index is -0.498. The van der Waals surface area contributed by atoms with Crippen LogP contribution in [0, 0.1) is 5.41 Å². The number of fused-ring (bicyclic) bond motifs is 1. The average Bonchev–Trinajstić information content (AvgIpc) is 3.29. The zero-order chi connectivity index (χ0) is 25.6. The van der Waals surface area contributed by atoms with Gasteiger partial charge in [-0.2, -0.15) is 0 Å². The van der Waals surface area contributed by atoms with E-state index in [1.165, 1.54) is 5.56 Å². The first-order valence-corrected chi connectivity index (χ1v) is 13.4. The SMILES string of the molecule is C[C@H]1N(C(=O)OC(C)(C)C)C[C@@H]2N(Cc3ccccc3)CC[C@@]21CCCB1OC(C)(C)C(C)(C)O1. The molecular formula is C28H45BN2O4. The van der Waals surface area contributed by atoms with Crippen molar-refractivity contribution in [1.82, 2.24) is 9.80 Å². The van der Waals surface area contributed by atoms with E-state index in [4.69, 9.17) is 14.0 Å². The van der Waals surface area contributed by atoms with Crippen LogP contribution in [0.4, 0.5) is 4.79 Å². The van der Waals surface area contributed by atoms with Gasteiger partial charge in [0.2, 0.25) is 0 Å². The van der Waals surface area contributed by atoms with Crippen molar-refractivity contribution in [2.45, 2.75) is 116 Å². The lowest BCUT2D eigenvalue weighted by molar-refractivity contribution is 0.00578. The van der Waals surface area contributed by atoms with Gasteiger partial charge in [0.05, 0.1) is 11.2 Å². The minimum absolute atomic E-state index is 0.0509. The van der Waals surface area contributed by atoms with E-state index in [0.717, 1.165) is 45.2 Å². The first kappa shape index (κ1) is 26.5. The third-order valence-corrected chi connectivity index (χ3v) is 8.88. The molecule has 0 bridgehead atoms. The third kappa shape index (κ3) is 5.28. The Morgan fingerprint density at radius 1 is 1.11 bits per heavy atom. The summed E-state index contributed by atoms with van der Waals surface area (Å²) in [6.07, 6.45) is 3.84. The van der Waals surface area contributed by atoms with Crippen LogP contribution in [0.15, 0.2) is 30.3 Å². The summed E-state index contributed by atoms with van der Waals surface area (Å²) in [5, 5.41) is 0. The lowest BCUT2D eigenvalue weighted by Crippen LogP contribution is -2.43.